The Kier molecular flexibility index (Phi) is 4.13. The zero-order chi connectivity index (χ0) is 17.2. The van der Waals surface area contributed by atoms with Gasteiger partial charge in [-0.05, 0) is 36.4 Å². The normalized spacial score (nSPS) is 11.2. The number of carbonyl (C=O) groups excluding carboxylic acids is 1. The standard InChI is InChI=1S/C16H14N4O3S/c1-24(22,23)14-5-2-4-12(10-14)16(21)19-13-6-7-15(17-11-13)20-9-3-8-18-20/h2-11H,1H3,(H,19,21). The topological polar surface area (TPSA) is 94.0 Å². The van der Waals surface area contributed by atoms with Gasteiger partial charge in [0, 0.05) is 24.2 Å². The Bertz CT molecular complexity index is 965. The zero-order valence-electron chi connectivity index (χ0n) is 12.7. The molecule has 3 rings (SSSR count). The van der Waals surface area contributed by atoms with Crippen LogP contribution in [0.2, 0.25) is 0 Å². The van der Waals surface area contributed by atoms with Crippen LogP contribution >= 0.6 is 0 Å². The van der Waals surface area contributed by atoms with Gasteiger partial charge in [-0.25, -0.2) is 18.1 Å². The Hall–Kier alpha value is -3.00. The lowest BCUT2D eigenvalue weighted by molar-refractivity contribution is 0.102. The first-order chi connectivity index (χ1) is 11.4. The molecule has 0 atom stereocenters. The number of benzene rings is 1. The van der Waals surface area contributed by atoms with Crippen molar-refractivity contribution in [2.75, 3.05) is 11.6 Å². The van der Waals surface area contributed by atoms with Gasteiger partial charge >= 0.3 is 0 Å². The zero-order valence-corrected chi connectivity index (χ0v) is 13.6. The molecule has 2 aromatic heterocycles. The summed E-state index contributed by atoms with van der Waals surface area (Å²) < 4.78 is 24.7. The highest BCUT2D eigenvalue weighted by Gasteiger charge is 2.12. The minimum absolute atomic E-state index is 0.0994. The largest absolute Gasteiger partial charge is 0.321 e. The summed E-state index contributed by atoms with van der Waals surface area (Å²) in [6.07, 6.45) is 6.01. The van der Waals surface area contributed by atoms with E-state index in [1.54, 1.807) is 41.3 Å². The Morgan fingerprint density at radius 3 is 2.62 bits per heavy atom. The van der Waals surface area contributed by atoms with E-state index >= 15 is 0 Å². The van der Waals surface area contributed by atoms with E-state index in [2.05, 4.69) is 15.4 Å². The Morgan fingerprint density at radius 2 is 2.00 bits per heavy atom. The van der Waals surface area contributed by atoms with Crippen LogP contribution in [-0.4, -0.2) is 35.3 Å². The molecule has 1 amide bonds. The molecule has 122 valence electrons. The summed E-state index contributed by atoms with van der Waals surface area (Å²) in [5.74, 6) is 0.214. The fraction of sp³-hybridized carbons (Fsp3) is 0.0625. The Labute approximate surface area is 138 Å². The van der Waals surface area contributed by atoms with E-state index in [4.69, 9.17) is 0 Å². The fourth-order valence-electron chi connectivity index (χ4n) is 2.07. The first-order valence-electron chi connectivity index (χ1n) is 7.01. The molecule has 1 aromatic carbocycles. The number of carbonyl (C=O) groups is 1. The number of sulfone groups is 1. The predicted molar refractivity (Wildman–Crippen MR) is 88.9 cm³/mol. The van der Waals surface area contributed by atoms with Crippen LogP contribution in [0.15, 0.2) is 66.0 Å². The molecule has 0 saturated carbocycles. The van der Waals surface area contributed by atoms with Crippen LogP contribution in [0.3, 0.4) is 0 Å². The molecular formula is C16H14N4O3S. The van der Waals surface area contributed by atoms with Crippen LogP contribution in [0.25, 0.3) is 5.82 Å². The lowest BCUT2D eigenvalue weighted by Crippen LogP contribution is -2.13. The van der Waals surface area contributed by atoms with Gasteiger partial charge < -0.3 is 5.32 Å². The molecule has 3 aromatic rings. The summed E-state index contributed by atoms with van der Waals surface area (Å²) >= 11 is 0. The molecule has 0 fully saturated rings. The van der Waals surface area contributed by atoms with Crippen molar-refractivity contribution >= 4 is 21.4 Å². The molecule has 0 bridgehead atoms. The van der Waals surface area contributed by atoms with Crippen LogP contribution < -0.4 is 5.32 Å². The van der Waals surface area contributed by atoms with Gasteiger partial charge in [0.25, 0.3) is 5.91 Å². The predicted octanol–water partition coefficient (Wildman–Crippen LogP) is 1.92. The molecule has 0 aliphatic rings. The van der Waals surface area contributed by atoms with Gasteiger partial charge in [-0.3, -0.25) is 4.79 Å². The van der Waals surface area contributed by atoms with Gasteiger partial charge in [0.1, 0.15) is 0 Å². The molecule has 2 heterocycles. The number of amides is 1. The highest BCUT2D eigenvalue weighted by atomic mass is 32.2. The molecule has 0 spiro atoms. The summed E-state index contributed by atoms with van der Waals surface area (Å²) in [7, 11) is -3.36. The van der Waals surface area contributed by atoms with E-state index in [-0.39, 0.29) is 10.5 Å². The number of anilines is 1. The molecule has 0 unspecified atom stereocenters. The smallest absolute Gasteiger partial charge is 0.255 e. The van der Waals surface area contributed by atoms with Crippen molar-refractivity contribution in [2.45, 2.75) is 4.90 Å². The number of hydrogen-bond acceptors (Lipinski definition) is 5. The number of nitrogens with one attached hydrogen (secondary N) is 1. The summed E-state index contributed by atoms with van der Waals surface area (Å²) in [5, 5.41) is 6.75. The first-order valence-corrected chi connectivity index (χ1v) is 8.90. The lowest BCUT2D eigenvalue weighted by atomic mass is 10.2. The maximum Gasteiger partial charge on any atom is 0.255 e. The van der Waals surface area contributed by atoms with Crippen molar-refractivity contribution in [2.24, 2.45) is 0 Å². The SMILES string of the molecule is CS(=O)(=O)c1cccc(C(=O)Nc2ccc(-n3cccn3)nc2)c1. The van der Waals surface area contributed by atoms with E-state index in [0.29, 0.717) is 11.5 Å². The summed E-state index contributed by atoms with van der Waals surface area (Å²) in [6.45, 7) is 0. The highest BCUT2D eigenvalue weighted by molar-refractivity contribution is 7.90. The number of nitrogens with zero attached hydrogens (tertiary/aromatic N) is 3. The van der Waals surface area contributed by atoms with Crippen LogP contribution in [0.1, 0.15) is 10.4 Å². The van der Waals surface area contributed by atoms with Crippen molar-refractivity contribution in [1.29, 1.82) is 0 Å². The van der Waals surface area contributed by atoms with E-state index < -0.39 is 15.7 Å². The van der Waals surface area contributed by atoms with Crippen LogP contribution in [0.4, 0.5) is 5.69 Å². The third-order valence-electron chi connectivity index (χ3n) is 3.27. The molecule has 0 saturated heterocycles. The van der Waals surface area contributed by atoms with Gasteiger partial charge in [-0.2, -0.15) is 5.10 Å². The van der Waals surface area contributed by atoms with E-state index in [1.807, 2.05) is 0 Å². The number of aromatic nitrogens is 3. The third kappa shape index (κ3) is 3.49. The second-order valence-electron chi connectivity index (χ2n) is 5.11. The van der Waals surface area contributed by atoms with E-state index in [0.717, 1.165) is 6.26 Å². The first kappa shape index (κ1) is 15.9. The molecular weight excluding hydrogens is 328 g/mol. The van der Waals surface area contributed by atoms with Crippen LogP contribution in [0.5, 0.6) is 0 Å². The molecule has 0 aliphatic carbocycles. The number of hydrogen-bond donors (Lipinski definition) is 1. The molecule has 0 aliphatic heterocycles. The van der Waals surface area contributed by atoms with Crippen molar-refractivity contribution in [3.63, 3.8) is 0 Å². The van der Waals surface area contributed by atoms with Gasteiger partial charge in [0.05, 0.1) is 16.8 Å². The quantitative estimate of drug-likeness (QED) is 0.782. The van der Waals surface area contributed by atoms with Crippen molar-refractivity contribution < 1.29 is 13.2 Å². The van der Waals surface area contributed by atoms with E-state index in [1.165, 1.54) is 24.4 Å². The van der Waals surface area contributed by atoms with E-state index in [9.17, 15) is 13.2 Å². The van der Waals surface area contributed by atoms with Crippen molar-refractivity contribution in [1.82, 2.24) is 14.8 Å². The second-order valence-corrected chi connectivity index (χ2v) is 7.13. The Morgan fingerprint density at radius 1 is 1.17 bits per heavy atom. The summed E-state index contributed by atoms with van der Waals surface area (Å²) in [4.78, 5) is 16.6. The molecule has 8 heteroatoms. The average molecular weight is 342 g/mol. The second kappa shape index (κ2) is 6.25. The minimum atomic E-state index is -3.36. The van der Waals surface area contributed by atoms with Crippen molar-refractivity contribution in [3.8, 4) is 5.82 Å². The molecule has 24 heavy (non-hydrogen) atoms. The molecule has 7 nitrogen and oxygen atoms in total. The Balaban J connectivity index is 1.78. The maximum absolute atomic E-state index is 12.3. The summed E-state index contributed by atoms with van der Waals surface area (Å²) in [5.41, 5.74) is 0.759. The summed E-state index contributed by atoms with van der Waals surface area (Å²) in [6, 6.07) is 11.1. The monoisotopic (exact) mass is 342 g/mol. The van der Waals surface area contributed by atoms with Crippen LogP contribution in [0, 0.1) is 0 Å². The number of pyridine rings is 1. The van der Waals surface area contributed by atoms with Crippen molar-refractivity contribution in [3.05, 3.63) is 66.6 Å². The highest BCUT2D eigenvalue weighted by Crippen LogP contribution is 2.14. The van der Waals surface area contributed by atoms with Crippen LogP contribution in [-0.2, 0) is 9.84 Å². The third-order valence-corrected chi connectivity index (χ3v) is 4.38. The number of rotatable bonds is 4. The molecule has 0 radical (unpaired) electrons. The minimum Gasteiger partial charge on any atom is -0.321 e. The van der Waals surface area contributed by atoms with Gasteiger partial charge in [-0.1, -0.05) is 6.07 Å². The molecule has 1 N–H and O–H groups in total. The van der Waals surface area contributed by atoms with Gasteiger partial charge in [0.15, 0.2) is 15.7 Å². The fourth-order valence-corrected chi connectivity index (χ4v) is 2.74. The van der Waals surface area contributed by atoms with Gasteiger partial charge in [-0.15, -0.1) is 0 Å². The lowest BCUT2D eigenvalue weighted by Gasteiger charge is -2.07. The maximum atomic E-state index is 12.3. The average Bonchev–Trinajstić information content (AvgIpc) is 3.09. The van der Waals surface area contributed by atoms with Gasteiger partial charge in [0.2, 0.25) is 0 Å².